The number of carbonyl (C=O) groups is 1. The number of rotatable bonds is 3. The number of amides is 1. The van der Waals surface area contributed by atoms with E-state index in [1.165, 1.54) is 19.3 Å². The molecule has 0 aliphatic carbocycles. The van der Waals surface area contributed by atoms with Crippen LogP contribution in [-0.2, 0) is 20.0 Å². The van der Waals surface area contributed by atoms with Crippen LogP contribution in [0.2, 0.25) is 0 Å². The molecule has 196 valence electrons. The molecular formula is C25H30FN7O3S. The first kappa shape index (κ1) is 25.3. The van der Waals surface area contributed by atoms with E-state index in [2.05, 4.69) is 33.7 Å². The molecule has 5 rings (SSSR count). The van der Waals surface area contributed by atoms with Crippen LogP contribution >= 0.6 is 0 Å². The quantitative estimate of drug-likeness (QED) is 0.591. The molecule has 0 N–H and O–H groups in total. The number of carbonyl (C=O) groups excluding carboxylic acids is 1. The second kappa shape index (κ2) is 8.34. The standard InChI is InChI=1S/C25H30FN7O3S/c1-15-12-32(23(34)25(5)6-7-37(25,35)36)16(2)11-31(15)21-20-22(30-14-29-21)33(13-24(20,3)4)19-8-17(9-27)18(26)10-28-19/h8,10,14-16H,6-7,11-13H2,1-5H3/t15?,16-,25-/m1/s1. The minimum atomic E-state index is -3.42. The predicted octanol–water partition coefficient (Wildman–Crippen LogP) is 2.31. The van der Waals surface area contributed by atoms with E-state index in [1.807, 2.05) is 24.8 Å². The van der Waals surface area contributed by atoms with E-state index >= 15 is 0 Å². The molecule has 0 spiro atoms. The van der Waals surface area contributed by atoms with Gasteiger partial charge in [-0.1, -0.05) is 13.8 Å². The molecule has 1 unspecified atom stereocenters. The van der Waals surface area contributed by atoms with Crippen molar-refractivity contribution in [2.24, 2.45) is 0 Å². The summed E-state index contributed by atoms with van der Waals surface area (Å²) in [7, 11) is -3.42. The lowest BCUT2D eigenvalue weighted by Gasteiger charge is -2.49. The molecule has 12 heteroatoms. The first-order valence-electron chi connectivity index (χ1n) is 12.3. The monoisotopic (exact) mass is 527 g/mol. The Labute approximate surface area is 216 Å². The summed E-state index contributed by atoms with van der Waals surface area (Å²) in [6.45, 7) is 11.0. The second-order valence-electron chi connectivity index (χ2n) is 11.1. The van der Waals surface area contributed by atoms with Crippen LogP contribution in [0.5, 0.6) is 0 Å². The van der Waals surface area contributed by atoms with Crippen LogP contribution in [0.3, 0.4) is 0 Å². The summed E-state index contributed by atoms with van der Waals surface area (Å²) < 4.78 is 37.3. The summed E-state index contributed by atoms with van der Waals surface area (Å²) in [5, 5.41) is 9.28. The van der Waals surface area contributed by atoms with Gasteiger partial charge < -0.3 is 14.7 Å². The van der Waals surface area contributed by atoms with Crippen LogP contribution in [0, 0.1) is 17.1 Å². The average molecular weight is 528 g/mol. The Kier molecular flexibility index (Phi) is 5.71. The molecule has 5 heterocycles. The van der Waals surface area contributed by atoms with Crippen molar-refractivity contribution in [1.29, 1.82) is 5.26 Å². The van der Waals surface area contributed by atoms with Gasteiger partial charge in [0.05, 0.1) is 17.5 Å². The summed E-state index contributed by atoms with van der Waals surface area (Å²) in [4.78, 5) is 32.4. The molecule has 2 aromatic heterocycles. The van der Waals surface area contributed by atoms with Crippen molar-refractivity contribution in [3.8, 4) is 6.07 Å². The largest absolute Gasteiger partial charge is 0.350 e. The number of aromatic nitrogens is 3. The van der Waals surface area contributed by atoms with Crippen LogP contribution in [0.4, 0.5) is 21.8 Å². The van der Waals surface area contributed by atoms with Crippen LogP contribution in [0.15, 0.2) is 18.6 Å². The highest BCUT2D eigenvalue weighted by Gasteiger charge is 2.57. The van der Waals surface area contributed by atoms with Crippen molar-refractivity contribution in [3.05, 3.63) is 35.5 Å². The number of hydrogen-bond donors (Lipinski definition) is 0. The summed E-state index contributed by atoms with van der Waals surface area (Å²) in [6.07, 6.45) is 2.88. The fourth-order valence-electron chi connectivity index (χ4n) is 5.62. The van der Waals surface area contributed by atoms with Gasteiger partial charge in [0.1, 0.15) is 34.6 Å². The van der Waals surface area contributed by atoms with Gasteiger partial charge in [0.25, 0.3) is 0 Å². The topological polar surface area (TPSA) is 123 Å². The highest BCUT2D eigenvalue weighted by atomic mass is 32.2. The zero-order valence-electron chi connectivity index (χ0n) is 21.6. The number of fused-ring (bicyclic) bond motifs is 1. The van der Waals surface area contributed by atoms with Crippen molar-refractivity contribution in [2.75, 3.05) is 35.2 Å². The smallest absolute Gasteiger partial charge is 0.244 e. The molecule has 0 aromatic carbocycles. The number of halogens is 1. The normalized spacial score (nSPS) is 27.9. The van der Waals surface area contributed by atoms with Gasteiger partial charge in [0.15, 0.2) is 15.7 Å². The number of nitrogens with zero attached hydrogens (tertiary/aromatic N) is 7. The third-order valence-corrected chi connectivity index (χ3v) is 10.5. The molecule has 0 bridgehead atoms. The zero-order valence-corrected chi connectivity index (χ0v) is 22.4. The van der Waals surface area contributed by atoms with Gasteiger partial charge in [-0.05, 0) is 27.2 Å². The Hall–Kier alpha value is -3.33. The Balaban J connectivity index is 1.48. The molecule has 2 saturated heterocycles. The number of anilines is 3. The van der Waals surface area contributed by atoms with E-state index in [1.54, 1.807) is 4.90 Å². The highest BCUT2D eigenvalue weighted by molar-refractivity contribution is 7.95. The lowest BCUT2D eigenvalue weighted by Crippen LogP contribution is -2.66. The number of hydrogen-bond acceptors (Lipinski definition) is 9. The van der Waals surface area contributed by atoms with Gasteiger partial charge in [-0.25, -0.2) is 27.8 Å². The van der Waals surface area contributed by atoms with Gasteiger partial charge in [-0.3, -0.25) is 4.79 Å². The van der Waals surface area contributed by atoms with E-state index in [0.29, 0.717) is 37.7 Å². The Morgan fingerprint density at radius 3 is 2.46 bits per heavy atom. The van der Waals surface area contributed by atoms with Crippen molar-refractivity contribution in [2.45, 2.75) is 63.3 Å². The van der Waals surface area contributed by atoms with Crippen molar-refractivity contribution in [3.63, 3.8) is 0 Å². The molecule has 0 radical (unpaired) electrons. The first-order chi connectivity index (χ1) is 17.3. The van der Waals surface area contributed by atoms with Crippen LogP contribution in [0.25, 0.3) is 0 Å². The van der Waals surface area contributed by atoms with Gasteiger partial charge in [0.2, 0.25) is 5.91 Å². The molecule has 1 amide bonds. The molecule has 3 aliphatic heterocycles. The van der Waals surface area contributed by atoms with E-state index in [4.69, 9.17) is 0 Å². The maximum atomic E-state index is 13.9. The van der Waals surface area contributed by atoms with Crippen molar-refractivity contribution in [1.82, 2.24) is 19.9 Å². The molecule has 3 atom stereocenters. The predicted molar refractivity (Wildman–Crippen MR) is 136 cm³/mol. The number of piperazine rings is 1. The highest BCUT2D eigenvalue weighted by Crippen LogP contribution is 2.47. The summed E-state index contributed by atoms with van der Waals surface area (Å²) >= 11 is 0. The van der Waals surface area contributed by atoms with Gasteiger partial charge in [-0.15, -0.1) is 0 Å². The summed E-state index contributed by atoms with van der Waals surface area (Å²) in [6, 6.07) is 2.94. The van der Waals surface area contributed by atoms with Gasteiger partial charge >= 0.3 is 0 Å². The summed E-state index contributed by atoms with van der Waals surface area (Å²) in [5.41, 5.74) is 0.431. The third-order valence-electron chi connectivity index (χ3n) is 8.04. The van der Waals surface area contributed by atoms with Gasteiger partial charge in [0, 0.05) is 48.8 Å². The van der Waals surface area contributed by atoms with E-state index in [9.17, 15) is 22.9 Å². The molecule has 10 nitrogen and oxygen atoms in total. The molecule has 2 fully saturated rings. The number of pyridine rings is 1. The molecule has 0 saturated carbocycles. The Morgan fingerprint density at radius 2 is 1.84 bits per heavy atom. The lowest BCUT2D eigenvalue weighted by atomic mass is 9.87. The van der Waals surface area contributed by atoms with E-state index in [-0.39, 0.29) is 29.3 Å². The zero-order chi connectivity index (χ0) is 26.9. The van der Waals surface area contributed by atoms with Crippen molar-refractivity contribution >= 4 is 33.2 Å². The number of sulfone groups is 1. The fraction of sp³-hybridized carbons (Fsp3) is 0.560. The molecule has 2 aromatic rings. The second-order valence-corrected chi connectivity index (χ2v) is 13.6. The molecule has 37 heavy (non-hydrogen) atoms. The van der Waals surface area contributed by atoms with Gasteiger partial charge in [-0.2, -0.15) is 5.26 Å². The third kappa shape index (κ3) is 3.74. The minimum absolute atomic E-state index is 0.0522. The minimum Gasteiger partial charge on any atom is -0.350 e. The lowest BCUT2D eigenvalue weighted by molar-refractivity contribution is -0.137. The SMILES string of the molecule is CC1CN(C(=O)[C@@]2(C)CCS2(=O)=O)[C@H](C)CN1c1ncnc2c1C(C)(C)CN2c1cc(C#N)c(F)cn1. The van der Waals surface area contributed by atoms with Crippen LogP contribution < -0.4 is 9.80 Å². The van der Waals surface area contributed by atoms with Crippen molar-refractivity contribution < 1.29 is 17.6 Å². The Bertz CT molecular complexity index is 1440. The maximum absolute atomic E-state index is 13.9. The Morgan fingerprint density at radius 1 is 1.14 bits per heavy atom. The van der Waals surface area contributed by atoms with Crippen LogP contribution in [-0.4, -0.2) is 76.4 Å². The summed E-state index contributed by atoms with van der Waals surface area (Å²) in [5.74, 6) is 0.871. The van der Waals surface area contributed by atoms with Crippen LogP contribution in [0.1, 0.15) is 52.2 Å². The molecular weight excluding hydrogens is 497 g/mol. The van der Waals surface area contributed by atoms with E-state index < -0.39 is 25.8 Å². The average Bonchev–Trinajstić information content (AvgIpc) is 3.14. The molecule has 3 aliphatic rings. The maximum Gasteiger partial charge on any atom is 0.244 e. The first-order valence-corrected chi connectivity index (χ1v) is 13.9. The number of nitriles is 1. The van der Waals surface area contributed by atoms with E-state index in [0.717, 1.165) is 17.6 Å². The fourth-order valence-corrected chi connectivity index (χ4v) is 7.15.